The molecule has 2 unspecified atom stereocenters. The Kier molecular flexibility index (Phi) is 73.9. The third kappa shape index (κ3) is 71.2. The average Bonchev–Trinajstić information content (AvgIpc) is 3.51. The Labute approximate surface area is 538 Å². The lowest BCUT2D eigenvalue weighted by Crippen LogP contribution is -2.45. The van der Waals surface area contributed by atoms with E-state index >= 15 is 0 Å². The van der Waals surface area contributed by atoms with Crippen LogP contribution in [-0.2, 0) is 14.3 Å². The summed E-state index contributed by atoms with van der Waals surface area (Å²) >= 11 is 0. The average molecular weight is 1210 g/mol. The molecule has 6 nitrogen and oxygen atoms in total. The van der Waals surface area contributed by atoms with Crippen LogP contribution in [0.5, 0.6) is 0 Å². The van der Waals surface area contributed by atoms with Crippen molar-refractivity contribution in [1.82, 2.24) is 5.32 Å². The van der Waals surface area contributed by atoms with Gasteiger partial charge in [0.1, 0.15) is 0 Å². The molecule has 0 aliphatic carbocycles. The summed E-state index contributed by atoms with van der Waals surface area (Å²) in [4.78, 5) is 24.6. The first-order chi connectivity index (χ1) is 42.5. The van der Waals surface area contributed by atoms with Crippen molar-refractivity contribution in [2.24, 2.45) is 0 Å². The summed E-state index contributed by atoms with van der Waals surface area (Å²) in [6, 6.07) is -0.539. The number of allylic oxidation sites excluding steroid dienone is 6. The van der Waals surface area contributed by atoms with Gasteiger partial charge in [0.25, 0.3) is 0 Å². The Morgan fingerprint density at radius 1 is 0.326 bits per heavy atom. The lowest BCUT2D eigenvalue weighted by Gasteiger charge is -2.22. The number of hydrogen-bond acceptors (Lipinski definition) is 5. The van der Waals surface area contributed by atoms with Crippen molar-refractivity contribution < 1.29 is 24.5 Å². The standard InChI is InChI=1S/C80H153NO5/c1-3-5-7-9-11-13-15-17-19-46-50-54-58-62-66-70-74-80(85)86-75-71-67-63-59-55-51-47-44-42-40-38-36-34-32-30-28-26-24-22-20-21-23-25-27-29-31-33-35-37-39-41-43-45-49-53-57-61-65-69-73-79(84)81-77(76-82)78(83)72-68-64-60-56-52-48-18-16-14-12-10-8-6-4-2/h19-21,24,26,46,77-78,82-83H,3-18,22-23,25,27-45,47-76H2,1-2H3,(H,81,84)/b21-20-,26-24-,46-19-. The molecular weight excluding hydrogens is 1050 g/mol. The fourth-order valence-electron chi connectivity index (χ4n) is 12.4. The van der Waals surface area contributed by atoms with Crippen molar-refractivity contribution >= 4 is 11.9 Å². The molecule has 508 valence electrons. The van der Waals surface area contributed by atoms with Crippen molar-refractivity contribution in [1.29, 1.82) is 0 Å². The highest BCUT2D eigenvalue weighted by Crippen LogP contribution is 2.19. The molecule has 0 spiro atoms. The number of amides is 1. The molecule has 0 aromatic rings. The van der Waals surface area contributed by atoms with Crippen LogP contribution in [0.1, 0.15) is 438 Å². The summed E-state index contributed by atoms with van der Waals surface area (Å²) < 4.78 is 5.50. The number of aliphatic hydroxyl groups excluding tert-OH is 2. The fourth-order valence-corrected chi connectivity index (χ4v) is 12.4. The summed E-state index contributed by atoms with van der Waals surface area (Å²) in [5.74, 6) is -0.0157. The Morgan fingerprint density at radius 2 is 0.581 bits per heavy atom. The van der Waals surface area contributed by atoms with E-state index in [1.807, 2.05) is 0 Å². The number of ether oxygens (including phenoxy) is 1. The second-order valence-electron chi connectivity index (χ2n) is 27.0. The van der Waals surface area contributed by atoms with E-state index in [0.29, 0.717) is 25.9 Å². The SMILES string of the molecule is CCCCCCCCC/C=C\CCCCCCCC(=O)OCCCCCCCCCCCCCCCCC/C=C\C/C=C\CCCCCCCCCCCCCCCCCCCC(=O)NC(CO)C(O)CCCCCCCCCCCCCCCC. The minimum Gasteiger partial charge on any atom is -0.466 e. The minimum atomic E-state index is -0.662. The first-order valence-corrected chi connectivity index (χ1v) is 39.2. The van der Waals surface area contributed by atoms with Gasteiger partial charge < -0.3 is 20.3 Å². The minimum absolute atomic E-state index is 0.0135. The molecule has 2 atom stereocenters. The van der Waals surface area contributed by atoms with Crippen LogP contribution in [0, 0.1) is 0 Å². The maximum absolute atomic E-state index is 12.5. The molecule has 0 bridgehead atoms. The smallest absolute Gasteiger partial charge is 0.305 e. The topological polar surface area (TPSA) is 95.9 Å². The Morgan fingerprint density at radius 3 is 0.895 bits per heavy atom. The number of aliphatic hydroxyl groups is 2. The van der Waals surface area contributed by atoms with Crippen LogP contribution < -0.4 is 5.32 Å². The number of nitrogens with one attached hydrogen (secondary N) is 1. The van der Waals surface area contributed by atoms with Crippen molar-refractivity contribution in [3.63, 3.8) is 0 Å². The molecule has 0 saturated carbocycles. The van der Waals surface area contributed by atoms with Gasteiger partial charge in [0.2, 0.25) is 5.91 Å². The number of hydrogen-bond donors (Lipinski definition) is 3. The van der Waals surface area contributed by atoms with Gasteiger partial charge in [0.05, 0.1) is 25.4 Å². The maximum atomic E-state index is 12.5. The lowest BCUT2D eigenvalue weighted by molar-refractivity contribution is -0.143. The maximum Gasteiger partial charge on any atom is 0.305 e. The molecular formula is C80H153NO5. The third-order valence-electron chi connectivity index (χ3n) is 18.4. The van der Waals surface area contributed by atoms with Crippen molar-refractivity contribution in [2.45, 2.75) is 450 Å². The van der Waals surface area contributed by atoms with Crippen LogP contribution in [0.25, 0.3) is 0 Å². The third-order valence-corrected chi connectivity index (χ3v) is 18.4. The molecule has 0 radical (unpaired) electrons. The van der Waals surface area contributed by atoms with Crippen LogP contribution >= 0.6 is 0 Å². The second-order valence-corrected chi connectivity index (χ2v) is 27.0. The molecule has 3 N–H and O–H groups in total. The predicted octanol–water partition coefficient (Wildman–Crippen LogP) is 25.8. The van der Waals surface area contributed by atoms with E-state index in [0.717, 1.165) is 51.4 Å². The largest absolute Gasteiger partial charge is 0.466 e. The van der Waals surface area contributed by atoms with E-state index < -0.39 is 12.1 Å². The van der Waals surface area contributed by atoms with Crippen LogP contribution in [-0.4, -0.2) is 47.4 Å². The van der Waals surface area contributed by atoms with Crippen molar-refractivity contribution in [2.75, 3.05) is 13.2 Å². The number of carbonyl (C=O) groups is 2. The van der Waals surface area contributed by atoms with Gasteiger partial charge in [-0.2, -0.15) is 0 Å². The van der Waals surface area contributed by atoms with E-state index in [1.54, 1.807) is 0 Å². The molecule has 0 aromatic carbocycles. The molecule has 0 aliphatic heterocycles. The first-order valence-electron chi connectivity index (χ1n) is 39.2. The van der Waals surface area contributed by atoms with Gasteiger partial charge >= 0.3 is 5.97 Å². The van der Waals surface area contributed by atoms with E-state index in [9.17, 15) is 19.8 Å². The Balaban J connectivity index is 3.34. The molecule has 0 heterocycles. The molecule has 0 rings (SSSR count). The zero-order chi connectivity index (χ0) is 62.0. The van der Waals surface area contributed by atoms with Crippen LogP contribution in [0.2, 0.25) is 0 Å². The van der Waals surface area contributed by atoms with Crippen LogP contribution in [0.3, 0.4) is 0 Å². The molecule has 0 fully saturated rings. The quantitative estimate of drug-likeness (QED) is 0.0320. The zero-order valence-electron chi connectivity index (χ0n) is 58.3. The number of unbranched alkanes of at least 4 members (excludes halogenated alkanes) is 57. The summed E-state index contributed by atoms with van der Waals surface area (Å²) in [6.07, 6.45) is 98.1. The number of rotatable bonds is 74. The molecule has 1 amide bonds. The monoisotopic (exact) mass is 1210 g/mol. The Hall–Kier alpha value is -1.92. The highest BCUT2D eigenvalue weighted by molar-refractivity contribution is 5.76. The van der Waals surface area contributed by atoms with Crippen LogP contribution in [0.15, 0.2) is 36.5 Å². The summed E-state index contributed by atoms with van der Waals surface area (Å²) in [7, 11) is 0. The van der Waals surface area contributed by atoms with Gasteiger partial charge in [-0.1, -0.05) is 378 Å². The highest BCUT2D eigenvalue weighted by Gasteiger charge is 2.20. The summed E-state index contributed by atoms with van der Waals surface area (Å²) in [5, 5.41) is 23.3. The normalized spacial score (nSPS) is 12.7. The molecule has 86 heavy (non-hydrogen) atoms. The summed E-state index contributed by atoms with van der Waals surface area (Å²) in [6.45, 7) is 4.98. The first kappa shape index (κ1) is 84.1. The summed E-state index contributed by atoms with van der Waals surface area (Å²) in [5.41, 5.74) is 0. The highest BCUT2D eigenvalue weighted by atomic mass is 16.5. The van der Waals surface area contributed by atoms with Gasteiger partial charge in [0.15, 0.2) is 0 Å². The Bertz CT molecular complexity index is 1390. The van der Waals surface area contributed by atoms with E-state index in [1.165, 1.54) is 353 Å². The lowest BCUT2D eigenvalue weighted by atomic mass is 10.0. The molecule has 6 heteroatoms. The van der Waals surface area contributed by atoms with Gasteiger partial charge in [-0.15, -0.1) is 0 Å². The van der Waals surface area contributed by atoms with E-state index in [4.69, 9.17) is 4.74 Å². The second kappa shape index (κ2) is 75.5. The predicted molar refractivity (Wildman–Crippen MR) is 379 cm³/mol. The molecule has 0 aromatic heterocycles. The number of carbonyl (C=O) groups excluding carboxylic acids is 2. The van der Waals surface area contributed by atoms with Gasteiger partial charge in [-0.05, 0) is 83.5 Å². The van der Waals surface area contributed by atoms with Crippen molar-refractivity contribution in [3.05, 3.63) is 36.5 Å². The fraction of sp³-hybridized carbons (Fsp3) is 0.900. The number of esters is 1. The van der Waals surface area contributed by atoms with E-state index in [2.05, 4.69) is 55.6 Å². The molecule has 0 saturated heterocycles. The molecule has 0 aliphatic rings. The zero-order valence-corrected chi connectivity index (χ0v) is 58.3. The van der Waals surface area contributed by atoms with Gasteiger partial charge in [0, 0.05) is 12.8 Å². The van der Waals surface area contributed by atoms with Crippen molar-refractivity contribution in [3.8, 4) is 0 Å². The van der Waals surface area contributed by atoms with Gasteiger partial charge in [-0.3, -0.25) is 9.59 Å². The van der Waals surface area contributed by atoms with Crippen LogP contribution in [0.4, 0.5) is 0 Å². The van der Waals surface area contributed by atoms with Gasteiger partial charge in [-0.25, -0.2) is 0 Å². The van der Waals surface area contributed by atoms with E-state index in [-0.39, 0.29) is 18.5 Å².